The summed E-state index contributed by atoms with van der Waals surface area (Å²) in [4.78, 5) is 2.38. The van der Waals surface area contributed by atoms with Gasteiger partial charge in [-0.25, -0.2) is 0 Å². The Morgan fingerprint density at radius 3 is 3.18 bits per heavy atom. The summed E-state index contributed by atoms with van der Waals surface area (Å²) in [6.45, 7) is 6.53. The lowest BCUT2D eigenvalue weighted by atomic mass is 10.3. The van der Waals surface area contributed by atoms with Gasteiger partial charge in [0.25, 0.3) is 0 Å². The van der Waals surface area contributed by atoms with Crippen molar-refractivity contribution in [1.29, 1.82) is 0 Å². The first kappa shape index (κ1) is 8.40. The molecule has 0 atom stereocenters. The molecule has 0 bridgehead atoms. The molecular weight excluding hydrogens is 138 g/mol. The number of piperazine rings is 1. The zero-order valence-corrected chi connectivity index (χ0v) is 7.35. The highest BCUT2D eigenvalue weighted by molar-refractivity contribution is 5.04. The third-order valence-electron chi connectivity index (χ3n) is 1.96. The molecule has 0 saturated carbocycles. The SMILES string of the molecule is CCN1CCNC/C1=C/NC. The lowest BCUT2D eigenvalue weighted by Gasteiger charge is -2.30. The monoisotopic (exact) mass is 155 g/mol. The van der Waals surface area contributed by atoms with Crippen LogP contribution < -0.4 is 10.6 Å². The van der Waals surface area contributed by atoms with Gasteiger partial charge < -0.3 is 15.5 Å². The van der Waals surface area contributed by atoms with Crippen LogP contribution in [0.25, 0.3) is 0 Å². The summed E-state index contributed by atoms with van der Waals surface area (Å²) >= 11 is 0. The minimum Gasteiger partial charge on any atom is -0.393 e. The molecule has 1 heterocycles. The Morgan fingerprint density at radius 1 is 1.73 bits per heavy atom. The highest BCUT2D eigenvalue weighted by Crippen LogP contribution is 2.04. The summed E-state index contributed by atoms with van der Waals surface area (Å²) in [5.74, 6) is 0. The Labute approximate surface area is 68.5 Å². The van der Waals surface area contributed by atoms with Crippen molar-refractivity contribution in [1.82, 2.24) is 15.5 Å². The van der Waals surface area contributed by atoms with Gasteiger partial charge in [0.15, 0.2) is 0 Å². The van der Waals surface area contributed by atoms with E-state index >= 15 is 0 Å². The average molecular weight is 155 g/mol. The van der Waals surface area contributed by atoms with Crippen molar-refractivity contribution in [3.63, 3.8) is 0 Å². The predicted molar refractivity (Wildman–Crippen MR) is 47.3 cm³/mol. The smallest absolute Gasteiger partial charge is 0.0433 e. The zero-order chi connectivity index (χ0) is 8.10. The molecule has 1 rings (SSSR count). The maximum atomic E-state index is 3.33. The largest absolute Gasteiger partial charge is 0.393 e. The summed E-state index contributed by atoms with van der Waals surface area (Å²) in [6.07, 6.45) is 2.07. The van der Waals surface area contributed by atoms with Crippen molar-refractivity contribution in [2.75, 3.05) is 33.2 Å². The lowest BCUT2D eigenvalue weighted by Crippen LogP contribution is -2.42. The number of hydrogen-bond acceptors (Lipinski definition) is 3. The number of rotatable bonds is 2. The summed E-state index contributed by atoms with van der Waals surface area (Å²) in [6, 6.07) is 0. The van der Waals surface area contributed by atoms with Crippen LogP contribution in [0.2, 0.25) is 0 Å². The Morgan fingerprint density at radius 2 is 2.55 bits per heavy atom. The normalized spacial score (nSPS) is 22.4. The highest BCUT2D eigenvalue weighted by atomic mass is 15.2. The molecule has 1 fully saturated rings. The summed E-state index contributed by atoms with van der Waals surface area (Å²) in [7, 11) is 1.94. The first-order valence-corrected chi connectivity index (χ1v) is 4.20. The molecular formula is C8H17N3. The molecule has 0 radical (unpaired) electrons. The molecule has 0 amide bonds. The number of likely N-dealkylation sites (N-methyl/N-ethyl adjacent to an activating group) is 1. The quantitative estimate of drug-likeness (QED) is 0.586. The van der Waals surface area contributed by atoms with Gasteiger partial charge in [0.2, 0.25) is 0 Å². The maximum absolute atomic E-state index is 3.33. The van der Waals surface area contributed by atoms with E-state index in [-0.39, 0.29) is 0 Å². The van der Waals surface area contributed by atoms with E-state index < -0.39 is 0 Å². The van der Waals surface area contributed by atoms with Crippen LogP contribution in [0.15, 0.2) is 11.9 Å². The maximum Gasteiger partial charge on any atom is 0.0433 e. The van der Waals surface area contributed by atoms with Crippen LogP contribution >= 0.6 is 0 Å². The molecule has 3 nitrogen and oxygen atoms in total. The minimum absolute atomic E-state index is 0.995. The van der Waals surface area contributed by atoms with Gasteiger partial charge in [-0.1, -0.05) is 0 Å². The van der Waals surface area contributed by atoms with Crippen molar-refractivity contribution in [3.05, 3.63) is 11.9 Å². The van der Waals surface area contributed by atoms with Crippen LogP contribution in [-0.2, 0) is 0 Å². The van der Waals surface area contributed by atoms with E-state index in [0.29, 0.717) is 0 Å². The molecule has 64 valence electrons. The first-order chi connectivity index (χ1) is 5.38. The summed E-state index contributed by atoms with van der Waals surface area (Å²) in [5, 5.41) is 6.39. The van der Waals surface area contributed by atoms with E-state index in [1.54, 1.807) is 0 Å². The fourth-order valence-corrected chi connectivity index (χ4v) is 1.36. The van der Waals surface area contributed by atoms with Crippen molar-refractivity contribution < 1.29 is 0 Å². The van der Waals surface area contributed by atoms with Crippen LogP contribution in [0, 0.1) is 0 Å². The Hall–Kier alpha value is -0.700. The van der Waals surface area contributed by atoms with Crippen molar-refractivity contribution in [2.45, 2.75) is 6.92 Å². The molecule has 1 aliphatic rings. The molecule has 1 aliphatic heterocycles. The topological polar surface area (TPSA) is 27.3 Å². The van der Waals surface area contributed by atoms with Gasteiger partial charge in [0.1, 0.15) is 0 Å². The van der Waals surface area contributed by atoms with Crippen LogP contribution in [0.3, 0.4) is 0 Å². The summed E-state index contributed by atoms with van der Waals surface area (Å²) < 4.78 is 0. The molecule has 0 unspecified atom stereocenters. The van der Waals surface area contributed by atoms with Crippen molar-refractivity contribution in [2.24, 2.45) is 0 Å². The predicted octanol–water partition coefficient (Wildman–Crippen LogP) is -0.0277. The van der Waals surface area contributed by atoms with E-state index in [1.165, 1.54) is 5.70 Å². The number of nitrogens with one attached hydrogen (secondary N) is 2. The molecule has 11 heavy (non-hydrogen) atoms. The molecule has 0 aliphatic carbocycles. The van der Waals surface area contributed by atoms with E-state index in [9.17, 15) is 0 Å². The van der Waals surface area contributed by atoms with Crippen LogP contribution in [0.1, 0.15) is 6.92 Å². The summed E-state index contributed by atoms with van der Waals surface area (Å²) in [5.41, 5.74) is 1.36. The Bertz CT molecular complexity index is 142. The van der Waals surface area contributed by atoms with Gasteiger partial charge in [-0.05, 0) is 6.92 Å². The first-order valence-electron chi connectivity index (χ1n) is 4.20. The van der Waals surface area contributed by atoms with Crippen LogP contribution in [0.4, 0.5) is 0 Å². The van der Waals surface area contributed by atoms with Gasteiger partial charge in [0.05, 0.1) is 0 Å². The molecule has 0 aromatic heterocycles. The Balaban J connectivity index is 2.51. The molecule has 3 heteroatoms. The standard InChI is InChI=1S/C8H17N3/c1-3-11-5-4-10-7-8(11)6-9-2/h6,9-10H,3-5,7H2,1-2H3/b8-6-. The Kier molecular flexibility index (Phi) is 3.23. The van der Waals surface area contributed by atoms with E-state index in [1.807, 2.05) is 7.05 Å². The third-order valence-corrected chi connectivity index (χ3v) is 1.96. The zero-order valence-electron chi connectivity index (χ0n) is 7.35. The fourth-order valence-electron chi connectivity index (χ4n) is 1.36. The second-order valence-electron chi connectivity index (χ2n) is 2.68. The minimum atomic E-state index is 0.995. The second-order valence-corrected chi connectivity index (χ2v) is 2.68. The molecule has 0 aromatic rings. The van der Waals surface area contributed by atoms with E-state index in [4.69, 9.17) is 0 Å². The van der Waals surface area contributed by atoms with Gasteiger partial charge in [0, 0.05) is 45.1 Å². The van der Waals surface area contributed by atoms with E-state index in [2.05, 4.69) is 28.7 Å². The molecule has 2 N–H and O–H groups in total. The fraction of sp³-hybridized carbons (Fsp3) is 0.750. The average Bonchev–Trinajstić information content (AvgIpc) is 2.06. The van der Waals surface area contributed by atoms with Crippen molar-refractivity contribution >= 4 is 0 Å². The molecule has 0 aromatic carbocycles. The van der Waals surface area contributed by atoms with Crippen LogP contribution in [0.5, 0.6) is 0 Å². The number of hydrogen-bond donors (Lipinski definition) is 2. The molecule has 0 spiro atoms. The van der Waals surface area contributed by atoms with Crippen LogP contribution in [-0.4, -0.2) is 38.1 Å². The lowest BCUT2D eigenvalue weighted by molar-refractivity contribution is 0.313. The second kappa shape index (κ2) is 4.23. The van der Waals surface area contributed by atoms with Gasteiger partial charge in [-0.3, -0.25) is 0 Å². The van der Waals surface area contributed by atoms with Gasteiger partial charge in [-0.2, -0.15) is 0 Å². The third kappa shape index (κ3) is 2.12. The van der Waals surface area contributed by atoms with Crippen molar-refractivity contribution in [3.8, 4) is 0 Å². The van der Waals surface area contributed by atoms with E-state index in [0.717, 1.165) is 26.2 Å². The number of nitrogens with zero attached hydrogens (tertiary/aromatic N) is 1. The highest BCUT2D eigenvalue weighted by Gasteiger charge is 2.10. The van der Waals surface area contributed by atoms with Gasteiger partial charge in [-0.15, -0.1) is 0 Å². The van der Waals surface area contributed by atoms with Gasteiger partial charge >= 0.3 is 0 Å². The molecule has 1 saturated heterocycles.